The highest BCUT2D eigenvalue weighted by atomic mass is 32.2. The normalized spacial score (nSPS) is 20.6. The van der Waals surface area contributed by atoms with Gasteiger partial charge >= 0.3 is 0 Å². The average molecular weight is 360 g/mol. The molecule has 2 rings (SSSR count). The molecule has 1 unspecified atom stereocenters. The summed E-state index contributed by atoms with van der Waals surface area (Å²) < 4.78 is 51.7. The molecule has 6 nitrogen and oxygen atoms in total. The molecule has 24 heavy (non-hydrogen) atoms. The molecule has 1 fully saturated rings. The minimum absolute atomic E-state index is 0.00997. The van der Waals surface area contributed by atoms with Crippen LogP contribution in [0.4, 0.5) is 4.39 Å². The number of methoxy groups -OCH3 is 2. The van der Waals surface area contributed by atoms with Crippen LogP contribution >= 0.6 is 0 Å². The average Bonchev–Trinajstić information content (AvgIpc) is 2.52. The van der Waals surface area contributed by atoms with Crippen LogP contribution in [0.2, 0.25) is 0 Å². The Morgan fingerprint density at radius 1 is 1.29 bits per heavy atom. The second-order valence-electron chi connectivity index (χ2n) is 6.59. The topological polar surface area (TPSA) is 76.7 Å². The van der Waals surface area contributed by atoms with Gasteiger partial charge in [0.1, 0.15) is 10.7 Å². The predicted octanol–water partition coefficient (Wildman–Crippen LogP) is 1.90. The van der Waals surface area contributed by atoms with Crippen molar-refractivity contribution in [1.82, 2.24) is 10.0 Å². The second kappa shape index (κ2) is 7.25. The summed E-state index contributed by atoms with van der Waals surface area (Å²) in [5, 5.41) is 3.32. The Morgan fingerprint density at radius 2 is 1.92 bits per heavy atom. The van der Waals surface area contributed by atoms with E-state index in [-0.39, 0.29) is 29.5 Å². The van der Waals surface area contributed by atoms with E-state index in [0.717, 1.165) is 31.5 Å². The lowest BCUT2D eigenvalue weighted by Crippen LogP contribution is -2.52. The molecule has 0 amide bonds. The Kier molecular flexibility index (Phi) is 5.72. The number of halogens is 1. The van der Waals surface area contributed by atoms with E-state index in [1.165, 1.54) is 14.2 Å². The minimum atomic E-state index is -4.00. The van der Waals surface area contributed by atoms with Crippen molar-refractivity contribution >= 4 is 10.0 Å². The van der Waals surface area contributed by atoms with E-state index in [2.05, 4.69) is 23.9 Å². The van der Waals surface area contributed by atoms with Crippen molar-refractivity contribution in [3.05, 3.63) is 17.9 Å². The van der Waals surface area contributed by atoms with Gasteiger partial charge in [0, 0.05) is 24.7 Å². The summed E-state index contributed by atoms with van der Waals surface area (Å²) in [6, 6.07) is 2.14. The molecule has 1 aliphatic heterocycles. The zero-order valence-electron chi connectivity index (χ0n) is 14.5. The van der Waals surface area contributed by atoms with Crippen LogP contribution in [-0.4, -0.2) is 41.8 Å². The van der Waals surface area contributed by atoms with Gasteiger partial charge < -0.3 is 14.8 Å². The first-order valence-electron chi connectivity index (χ1n) is 7.86. The summed E-state index contributed by atoms with van der Waals surface area (Å²) >= 11 is 0. The number of piperidine rings is 1. The molecule has 2 N–H and O–H groups in total. The molecule has 8 heteroatoms. The molecule has 0 saturated carbocycles. The number of sulfonamides is 1. The zero-order chi connectivity index (χ0) is 18.0. The molecule has 0 bridgehead atoms. The number of rotatable bonds is 6. The SMILES string of the molecule is COc1cc(F)c(S(=O)(=O)NCC2NCCCC2(C)C)cc1OC. The Labute approximate surface area is 142 Å². The zero-order valence-corrected chi connectivity index (χ0v) is 15.3. The molecule has 0 spiro atoms. The van der Waals surface area contributed by atoms with Crippen molar-refractivity contribution in [2.24, 2.45) is 5.41 Å². The molecule has 0 aliphatic carbocycles. The summed E-state index contributed by atoms with van der Waals surface area (Å²) in [6.07, 6.45) is 2.07. The number of hydrogen-bond acceptors (Lipinski definition) is 5. The Bertz CT molecular complexity index is 692. The molecule has 1 atom stereocenters. The van der Waals surface area contributed by atoms with Crippen LogP contribution in [0.15, 0.2) is 17.0 Å². The lowest BCUT2D eigenvalue weighted by molar-refractivity contribution is 0.181. The second-order valence-corrected chi connectivity index (χ2v) is 8.32. The van der Waals surface area contributed by atoms with Crippen LogP contribution in [0.25, 0.3) is 0 Å². The van der Waals surface area contributed by atoms with Gasteiger partial charge in [0.2, 0.25) is 10.0 Å². The fourth-order valence-corrected chi connectivity index (χ4v) is 4.05. The van der Waals surface area contributed by atoms with Gasteiger partial charge in [0.15, 0.2) is 11.5 Å². The minimum Gasteiger partial charge on any atom is -0.493 e. The Morgan fingerprint density at radius 3 is 2.50 bits per heavy atom. The molecule has 1 saturated heterocycles. The maximum absolute atomic E-state index is 14.2. The summed E-state index contributed by atoms with van der Waals surface area (Å²) in [5.41, 5.74) is -0.0308. The highest BCUT2D eigenvalue weighted by molar-refractivity contribution is 7.89. The number of ether oxygens (including phenoxy) is 2. The highest BCUT2D eigenvalue weighted by Crippen LogP contribution is 2.32. The smallest absolute Gasteiger partial charge is 0.243 e. The molecule has 0 radical (unpaired) electrons. The van der Waals surface area contributed by atoms with Gasteiger partial charge in [-0.05, 0) is 24.8 Å². The highest BCUT2D eigenvalue weighted by Gasteiger charge is 2.33. The monoisotopic (exact) mass is 360 g/mol. The third-order valence-corrected chi connectivity index (χ3v) is 5.98. The van der Waals surface area contributed by atoms with Gasteiger partial charge in [0.25, 0.3) is 0 Å². The van der Waals surface area contributed by atoms with Crippen molar-refractivity contribution in [3.8, 4) is 11.5 Å². The molecule has 0 aromatic heterocycles. The molecular formula is C16H25FN2O4S. The van der Waals surface area contributed by atoms with E-state index in [1.807, 2.05) is 0 Å². The largest absolute Gasteiger partial charge is 0.493 e. The summed E-state index contributed by atoms with van der Waals surface area (Å²) in [6.45, 7) is 5.23. The van der Waals surface area contributed by atoms with E-state index < -0.39 is 20.7 Å². The Balaban J connectivity index is 2.21. The van der Waals surface area contributed by atoms with E-state index in [0.29, 0.717) is 0 Å². The van der Waals surface area contributed by atoms with E-state index in [4.69, 9.17) is 9.47 Å². The van der Waals surface area contributed by atoms with Gasteiger partial charge in [0.05, 0.1) is 14.2 Å². The molecule has 1 aromatic rings. The first-order valence-corrected chi connectivity index (χ1v) is 9.34. The quantitative estimate of drug-likeness (QED) is 0.810. The first kappa shape index (κ1) is 19.0. The van der Waals surface area contributed by atoms with Gasteiger partial charge in [-0.25, -0.2) is 17.5 Å². The standard InChI is InChI=1S/C16H25FN2O4S/c1-16(2)6-5-7-18-15(16)10-19-24(20,21)14-9-13(23-4)12(22-3)8-11(14)17/h8-9,15,18-19H,5-7,10H2,1-4H3. The van der Waals surface area contributed by atoms with Gasteiger partial charge in [-0.3, -0.25) is 0 Å². The molecular weight excluding hydrogens is 335 g/mol. The fraction of sp³-hybridized carbons (Fsp3) is 0.625. The number of benzene rings is 1. The van der Waals surface area contributed by atoms with Crippen molar-refractivity contribution in [1.29, 1.82) is 0 Å². The van der Waals surface area contributed by atoms with Crippen LogP contribution < -0.4 is 19.5 Å². The van der Waals surface area contributed by atoms with Gasteiger partial charge in [-0.1, -0.05) is 13.8 Å². The van der Waals surface area contributed by atoms with Crippen molar-refractivity contribution in [2.75, 3.05) is 27.3 Å². The van der Waals surface area contributed by atoms with Crippen LogP contribution in [-0.2, 0) is 10.0 Å². The fourth-order valence-electron chi connectivity index (χ4n) is 2.93. The number of nitrogens with one attached hydrogen (secondary N) is 2. The van der Waals surface area contributed by atoms with Gasteiger partial charge in [-0.2, -0.15) is 0 Å². The molecule has 136 valence electrons. The predicted molar refractivity (Wildman–Crippen MR) is 89.5 cm³/mol. The van der Waals surface area contributed by atoms with Crippen molar-refractivity contribution in [3.63, 3.8) is 0 Å². The van der Waals surface area contributed by atoms with Crippen molar-refractivity contribution < 1.29 is 22.3 Å². The molecule has 1 aliphatic rings. The third kappa shape index (κ3) is 3.99. The number of hydrogen-bond donors (Lipinski definition) is 2. The summed E-state index contributed by atoms with van der Waals surface area (Å²) in [7, 11) is -1.27. The van der Waals surface area contributed by atoms with Gasteiger partial charge in [-0.15, -0.1) is 0 Å². The molecule has 1 heterocycles. The third-order valence-electron chi connectivity index (χ3n) is 4.54. The maximum Gasteiger partial charge on any atom is 0.243 e. The molecule has 1 aromatic carbocycles. The first-order chi connectivity index (χ1) is 11.2. The maximum atomic E-state index is 14.2. The lowest BCUT2D eigenvalue weighted by atomic mass is 9.78. The van der Waals surface area contributed by atoms with Crippen molar-refractivity contribution in [2.45, 2.75) is 37.6 Å². The van der Waals surface area contributed by atoms with Crippen LogP contribution in [0.1, 0.15) is 26.7 Å². The Hall–Kier alpha value is -1.38. The summed E-state index contributed by atoms with van der Waals surface area (Å²) in [5.74, 6) is -0.574. The van der Waals surface area contributed by atoms with Crippen LogP contribution in [0, 0.1) is 11.2 Å². The lowest BCUT2D eigenvalue weighted by Gasteiger charge is -2.39. The van der Waals surface area contributed by atoms with E-state index in [1.54, 1.807) is 0 Å². The summed E-state index contributed by atoms with van der Waals surface area (Å²) in [4.78, 5) is -0.450. The van der Waals surface area contributed by atoms with Crippen LogP contribution in [0.5, 0.6) is 11.5 Å². The van der Waals surface area contributed by atoms with E-state index in [9.17, 15) is 12.8 Å². The van der Waals surface area contributed by atoms with Crippen LogP contribution in [0.3, 0.4) is 0 Å². The van der Waals surface area contributed by atoms with E-state index >= 15 is 0 Å².